The highest BCUT2D eigenvalue weighted by atomic mass is 16.6. The molecule has 1 aromatic heterocycles. The Bertz CT molecular complexity index is 818. The first-order valence-electron chi connectivity index (χ1n) is 9.27. The number of carbonyl (C=O) groups excluding carboxylic acids is 1. The third-order valence-corrected chi connectivity index (χ3v) is 6.19. The Kier molecular flexibility index (Phi) is 4.01. The summed E-state index contributed by atoms with van der Waals surface area (Å²) in [5.41, 5.74) is 3.60. The number of piperidine rings is 1. The fraction of sp³-hybridized carbons (Fsp3) is 0.550. The summed E-state index contributed by atoms with van der Waals surface area (Å²) in [5.74, 6) is 0.894. The van der Waals surface area contributed by atoms with Gasteiger partial charge in [-0.25, -0.2) is 4.79 Å². The minimum Gasteiger partial charge on any atom is -0.447 e. The predicted octanol–water partition coefficient (Wildman–Crippen LogP) is 3.81. The lowest BCUT2D eigenvalue weighted by atomic mass is 9.59. The number of carbonyl (C=O) groups is 1. The molecule has 6 heteroatoms. The minimum atomic E-state index is -0.190. The van der Waals surface area contributed by atoms with Crippen LogP contribution in [0.1, 0.15) is 45.2 Å². The monoisotopic (exact) mass is 355 g/mol. The zero-order chi connectivity index (χ0) is 18.5. The van der Waals surface area contributed by atoms with Crippen LogP contribution in [0, 0.1) is 5.92 Å². The van der Waals surface area contributed by atoms with Crippen LogP contribution in [-0.4, -0.2) is 39.9 Å². The van der Waals surface area contributed by atoms with E-state index in [2.05, 4.69) is 36.2 Å². The number of hydrogen-bond donors (Lipinski definition) is 0. The molecule has 1 fully saturated rings. The van der Waals surface area contributed by atoms with Crippen LogP contribution in [0.5, 0.6) is 0 Å². The average molecular weight is 355 g/mol. The van der Waals surface area contributed by atoms with Gasteiger partial charge in [0.25, 0.3) is 0 Å². The van der Waals surface area contributed by atoms with Crippen LogP contribution in [0.25, 0.3) is 11.5 Å². The van der Waals surface area contributed by atoms with Crippen molar-refractivity contribution in [2.24, 2.45) is 5.92 Å². The number of benzene rings is 1. The van der Waals surface area contributed by atoms with Gasteiger partial charge in [0.05, 0.1) is 6.10 Å². The number of aromatic nitrogens is 2. The van der Waals surface area contributed by atoms with E-state index in [-0.39, 0.29) is 23.7 Å². The van der Waals surface area contributed by atoms with E-state index in [1.807, 2.05) is 24.8 Å². The lowest BCUT2D eigenvalue weighted by Gasteiger charge is -2.54. The van der Waals surface area contributed by atoms with E-state index >= 15 is 0 Å². The third kappa shape index (κ3) is 2.59. The first-order valence-corrected chi connectivity index (χ1v) is 9.27. The average Bonchev–Trinajstić information content (AvgIpc) is 3.11. The summed E-state index contributed by atoms with van der Waals surface area (Å²) in [7, 11) is 0. The minimum absolute atomic E-state index is 0.0168. The SMILES string of the molecule is CC(C)OC(=O)N1CC[C@@]2(C)c3cc(-c4nnco4)ccc3C[C@@H]1C2C. The Hall–Kier alpha value is -2.37. The largest absolute Gasteiger partial charge is 0.447 e. The smallest absolute Gasteiger partial charge is 0.410 e. The highest BCUT2D eigenvalue weighted by molar-refractivity contribution is 5.69. The van der Waals surface area contributed by atoms with Crippen molar-refractivity contribution < 1.29 is 13.9 Å². The zero-order valence-corrected chi connectivity index (χ0v) is 15.7. The van der Waals surface area contributed by atoms with Crippen LogP contribution >= 0.6 is 0 Å². The van der Waals surface area contributed by atoms with Gasteiger partial charge < -0.3 is 14.1 Å². The summed E-state index contributed by atoms with van der Waals surface area (Å²) in [6.45, 7) is 9.07. The second-order valence-electron chi connectivity index (χ2n) is 7.97. The highest BCUT2D eigenvalue weighted by Crippen LogP contribution is 2.49. The van der Waals surface area contributed by atoms with Gasteiger partial charge in [-0.3, -0.25) is 0 Å². The second kappa shape index (κ2) is 6.11. The molecule has 1 aromatic carbocycles. The summed E-state index contributed by atoms with van der Waals surface area (Å²) in [6, 6.07) is 6.53. The highest BCUT2D eigenvalue weighted by Gasteiger charge is 2.50. The van der Waals surface area contributed by atoms with Gasteiger partial charge in [-0.1, -0.05) is 19.9 Å². The van der Waals surface area contributed by atoms with Gasteiger partial charge in [0.2, 0.25) is 12.3 Å². The van der Waals surface area contributed by atoms with Gasteiger partial charge in [0.15, 0.2) is 0 Å². The molecule has 0 N–H and O–H groups in total. The fourth-order valence-electron chi connectivity index (χ4n) is 4.55. The van der Waals surface area contributed by atoms with Crippen molar-refractivity contribution in [2.45, 2.75) is 58.1 Å². The van der Waals surface area contributed by atoms with Crippen LogP contribution in [0.3, 0.4) is 0 Å². The Morgan fingerprint density at radius 2 is 2.23 bits per heavy atom. The van der Waals surface area contributed by atoms with E-state index in [0.29, 0.717) is 11.8 Å². The standard InChI is InChI=1S/C20H25N3O3/c1-12(2)26-19(24)23-8-7-20(4)13(3)17(23)10-14-5-6-15(9-16(14)20)18-22-21-11-25-18/h5-6,9,11-13,17H,7-8,10H2,1-4H3/t13?,17-,20-/m1/s1. The molecule has 1 saturated heterocycles. The molecule has 0 saturated carbocycles. The molecule has 4 rings (SSSR count). The molecule has 3 atom stereocenters. The Morgan fingerprint density at radius 1 is 1.42 bits per heavy atom. The molecule has 0 spiro atoms. The Labute approximate surface area is 153 Å². The molecule has 2 bridgehead atoms. The molecule has 1 aliphatic heterocycles. The third-order valence-electron chi connectivity index (χ3n) is 6.19. The van der Waals surface area contributed by atoms with Crippen LogP contribution < -0.4 is 0 Å². The van der Waals surface area contributed by atoms with E-state index in [1.165, 1.54) is 17.5 Å². The van der Waals surface area contributed by atoms with E-state index < -0.39 is 0 Å². The summed E-state index contributed by atoms with van der Waals surface area (Å²) in [5, 5.41) is 7.82. The van der Waals surface area contributed by atoms with Crippen molar-refractivity contribution in [2.75, 3.05) is 6.54 Å². The predicted molar refractivity (Wildman–Crippen MR) is 96.7 cm³/mol. The number of amides is 1. The molecular formula is C20H25N3O3. The molecule has 1 amide bonds. The van der Waals surface area contributed by atoms with Crippen molar-refractivity contribution in [1.29, 1.82) is 0 Å². The van der Waals surface area contributed by atoms with Crippen molar-refractivity contribution in [3.63, 3.8) is 0 Å². The number of rotatable bonds is 2. The number of likely N-dealkylation sites (tertiary alicyclic amines) is 1. The zero-order valence-electron chi connectivity index (χ0n) is 15.7. The molecule has 2 heterocycles. The number of ether oxygens (including phenoxy) is 1. The number of fused-ring (bicyclic) bond motifs is 4. The second-order valence-corrected chi connectivity index (χ2v) is 7.97. The van der Waals surface area contributed by atoms with Gasteiger partial charge >= 0.3 is 6.09 Å². The maximum atomic E-state index is 12.6. The van der Waals surface area contributed by atoms with Crippen LogP contribution in [-0.2, 0) is 16.6 Å². The summed E-state index contributed by atoms with van der Waals surface area (Å²) in [4.78, 5) is 14.5. The van der Waals surface area contributed by atoms with Gasteiger partial charge in [-0.05, 0) is 61.3 Å². The molecule has 6 nitrogen and oxygen atoms in total. The van der Waals surface area contributed by atoms with Crippen LogP contribution in [0.15, 0.2) is 29.0 Å². The van der Waals surface area contributed by atoms with E-state index in [4.69, 9.17) is 9.15 Å². The van der Waals surface area contributed by atoms with Crippen LogP contribution in [0.4, 0.5) is 4.79 Å². The topological polar surface area (TPSA) is 68.5 Å². The van der Waals surface area contributed by atoms with E-state index in [1.54, 1.807) is 0 Å². The number of hydrogen-bond acceptors (Lipinski definition) is 5. The Morgan fingerprint density at radius 3 is 2.92 bits per heavy atom. The van der Waals surface area contributed by atoms with Crippen molar-refractivity contribution in [3.05, 3.63) is 35.7 Å². The van der Waals surface area contributed by atoms with E-state index in [9.17, 15) is 4.79 Å². The molecular weight excluding hydrogens is 330 g/mol. The van der Waals surface area contributed by atoms with Gasteiger partial charge in [-0.2, -0.15) is 0 Å². The lowest BCUT2D eigenvalue weighted by Crippen LogP contribution is -2.59. The molecule has 2 aromatic rings. The van der Waals surface area contributed by atoms with Crippen molar-refractivity contribution in [3.8, 4) is 11.5 Å². The first kappa shape index (κ1) is 17.1. The summed E-state index contributed by atoms with van der Waals surface area (Å²) < 4.78 is 10.8. The Balaban J connectivity index is 1.70. The maximum Gasteiger partial charge on any atom is 0.410 e. The molecule has 0 radical (unpaired) electrons. The summed E-state index contributed by atoms with van der Waals surface area (Å²) in [6.07, 6.45) is 2.83. The number of nitrogens with zero attached hydrogens (tertiary/aromatic N) is 3. The van der Waals surface area contributed by atoms with Gasteiger partial charge in [0.1, 0.15) is 0 Å². The summed E-state index contributed by atoms with van der Waals surface area (Å²) >= 11 is 0. The normalized spacial score (nSPS) is 27.3. The first-order chi connectivity index (χ1) is 12.4. The van der Waals surface area contributed by atoms with Crippen molar-refractivity contribution >= 4 is 6.09 Å². The lowest BCUT2D eigenvalue weighted by molar-refractivity contribution is 0.00930. The van der Waals surface area contributed by atoms with E-state index in [0.717, 1.165) is 24.9 Å². The van der Waals surface area contributed by atoms with Crippen molar-refractivity contribution in [1.82, 2.24) is 15.1 Å². The van der Waals surface area contributed by atoms with Gasteiger partial charge in [0, 0.05) is 18.2 Å². The molecule has 26 heavy (non-hydrogen) atoms. The van der Waals surface area contributed by atoms with Crippen LogP contribution in [0.2, 0.25) is 0 Å². The molecule has 1 unspecified atom stereocenters. The molecule has 2 aliphatic rings. The molecule has 1 aliphatic carbocycles. The molecule has 138 valence electrons. The quantitative estimate of drug-likeness (QED) is 0.819. The van der Waals surface area contributed by atoms with Gasteiger partial charge in [-0.15, -0.1) is 10.2 Å². The fourth-order valence-corrected chi connectivity index (χ4v) is 4.55. The maximum absolute atomic E-state index is 12.6.